The molecule has 0 aliphatic carbocycles. The number of hydrogen-bond acceptors (Lipinski definition) is 10. The number of hydrogen-bond donors (Lipinski definition) is 2. The first-order chi connectivity index (χ1) is 23.1. The van der Waals surface area contributed by atoms with Gasteiger partial charge in [-0.2, -0.15) is 0 Å². The molecule has 47 heavy (non-hydrogen) atoms. The van der Waals surface area contributed by atoms with Crippen LogP contribution in [0.2, 0.25) is 0 Å². The van der Waals surface area contributed by atoms with Gasteiger partial charge in [0.2, 0.25) is 11.8 Å². The van der Waals surface area contributed by atoms with Crippen molar-refractivity contribution in [2.24, 2.45) is 11.8 Å². The molecule has 2 aliphatic rings. The van der Waals surface area contributed by atoms with Crippen LogP contribution < -0.4 is 20.9 Å². The minimum Gasteiger partial charge on any atom is -0.477 e. The van der Waals surface area contributed by atoms with E-state index in [1.807, 2.05) is 24.3 Å². The highest BCUT2D eigenvalue weighted by Gasteiger charge is 2.21. The van der Waals surface area contributed by atoms with Gasteiger partial charge in [0, 0.05) is 25.2 Å². The Morgan fingerprint density at radius 3 is 1.70 bits per heavy atom. The van der Waals surface area contributed by atoms with Gasteiger partial charge in [-0.05, 0) is 87.0 Å². The van der Waals surface area contributed by atoms with Gasteiger partial charge in [-0.25, -0.2) is 15.0 Å². The third-order valence-corrected chi connectivity index (χ3v) is 9.65. The zero-order valence-corrected chi connectivity index (χ0v) is 27.7. The summed E-state index contributed by atoms with van der Waals surface area (Å²) in [5.74, 6) is 2.55. The quantitative estimate of drug-likeness (QED) is 0.174. The van der Waals surface area contributed by atoms with Crippen LogP contribution in [0.5, 0.6) is 11.8 Å². The SMILES string of the molecule is Nc1ccc(OCC2CCN(Cc3ccccc3)CC2)nc1.Nc1nc2ccc(OCC3CCN(Cc4ccccc4)CC3)nc2s1. The lowest BCUT2D eigenvalue weighted by Crippen LogP contribution is -2.35. The Labute approximate surface area is 281 Å². The molecule has 246 valence electrons. The fraction of sp³-hybridized carbons (Fsp3) is 0.378. The molecule has 2 aliphatic heterocycles. The summed E-state index contributed by atoms with van der Waals surface area (Å²) in [5, 5.41) is 0.547. The average Bonchev–Trinajstić information content (AvgIpc) is 3.49. The lowest BCUT2D eigenvalue weighted by Gasteiger charge is -2.31. The number of thiazole rings is 1. The van der Waals surface area contributed by atoms with Crippen molar-refractivity contribution in [2.75, 3.05) is 50.9 Å². The molecule has 5 aromatic rings. The zero-order chi connectivity index (χ0) is 32.3. The Kier molecular flexibility index (Phi) is 11.5. The van der Waals surface area contributed by atoms with Gasteiger partial charge >= 0.3 is 0 Å². The summed E-state index contributed by atoms with van der Waals surface area (Å²) in [7, 11) is 0. The van der Waals surface area contributed by atoms with E-state index in [9.17, 15) is 0 Å². The van der Waals surface area contributed by atoms with Gasteiger partial charge in [0.25, 0.3) is 0 Å². The van der Waals surface area contributed by atoms with Crippen molar-refractivity contribution < 1.29 is 9.47 Å². The summed E-state index contributed by atoms with van der Waals surface area (Å²) in [6, 6.07) is 28.8. The third-order valence-electron chi connectivity index (χ3n) is 8.85. The van der Waals surface area contributed by atoms with Crippen LogP contribution in [0.4, 0.5) is 10.8 Å². The van der Waals surface area contributed by atoms with Crippen molar-refractivity contribution in [1.29, 1.82) is 0 Å². The maximum absolute atomic E-state index is 5.92. The summed E-state index contributed by atoms with van der Waals surface area (Å²) in [6.45, 7) is 8.09. The van der Waals surface area contributed by atoms with Crippen molar-refractivity contribution in [3.63, 3.8) is 0 Å². The zero-order valence-electron chi connectivity index (χ0n) is 26.9. The van der Waals surface area contributed by atoms with E-state index in [1.165, 1.54) is 48.1 Å². The van der Waals surface area contributed by atoms with E-state index < -0.39 is 0 Å². The van der Waals surface area contributed by atoms with Gasteiger partial charge in [0.15, 0.2) is 5.13 Å². The molecule has 7 rings (SSSR count). The lowest BCUT2D eigenvalue weighted by atomic mass is 9.97. The molecular formula is C37H45N7O2S. The summed E-state index contributed by atoms with van der Waals surface area (Å²) < 4.78 is 11.7. The highest BCUT2D eigenvalue weighted by molar-refractivity contribution is 7.21. The second-order valence-corrected chi connectivity index (χ2v) is 13.5. The Bertz CT molecular complexity index is 1640. The number of nitrogens with zero attached hydrogens (tertiary/aromatic N) is 5. The first-order valence-electron chi connectivity index (χ1n) is 16.6. The number of piperidine rings is 2. The molecule has 0 radical (unpaired) electrons. The second-order valence-electron chi connectivity index (χ2n) is 12.5. The Hall–Kier alpha value is -4.25. The van der Waals surface area contributed by atoms with Gasteiger partial charge in [0.05, 0.1) is 25.1 Å². The molecule has 0 bridgehead atoms. The van der Waals surface area contributed by atoms with Crippen LogP contribution in [0.15, 0.2) is 91.1 Å². The number of pyridine rings is 2. The number of anilines is 2. The highest BCUT2D eigenvalue weighted by Crippen LogP contribution is 2.26. The van der Waals surface area contributed by atoms with Gasteiger partial charge in [-0.15, -0.1) is 0 Å². The Morgan fingerprint density at radius 2 is 1.17 bits per heavy atom. The summed E-state index contributed by atoms with van der Waals surface area (Å²) in [4.78, 5) is 18.8. The van der Waals surface area contributed by atoms with Crippen molar-refractivity contribution in [3.8, 4) is 11.8 Å². The molecule has 9 nitrogen and oxygen atoms in total. The molecule has 2 saturated heterocycles. The van der Waals surface area contributed by atoms with Crippen LogP contribution in [0.1, 0.15) is 36.8 Å². The number of likely N-dealkylation sites (tertiary alicyclic amines) is 2. The van der Waals surface area contributed by atoms with Crippen LogP contribution in [0.3, 0.4) is 0 Å². The van der Waals surface area contributed by atoms with Crippen molar-refractivity contribution in [2.45, 2.75) is 38.8 Å². The molecule has 4 N–H and O–H groups in total. The predicted octanol–water partition coefficient (Wildman–Crippen LogP) is 6.52. The molecule has 0 saturated carbocycles. The standard InChI is InChI=1S/C19H22N4OS.C18H23N3O/c20-19-21-16-6-7-17(22-18(16)25-19)24-13-15-8-10-23(11-9-15)12-14-4-2-1-3-5-14;19-17-6-7-18(20-12-17)22-14-16-8-10-21(11-9-16)13-15-4-2-1-3-5-15/h1-7,15H,8-13H2,(H2,20,21);1-7,12,16H,8-11,13-14,19H2. The molecule has 0 atom stereocenters. The fourth-order valence-corrected chi connectivity index (χ4v) is 6.78. The van der Waals surface area contributed by atoms with E-state index in [4.69, 9.17) is 20.9 Å². The first kappa shape index (κ1) is 32.7. The number of nitrogen functional groups attached to an aromatic ring is 2. The maximum atomic E-state index is 5.92. The van der Waals surface area contributed by atoms with Crippen LogP contribution in [0, 0.1) is 11.8 Å². The van der Waals surface area contributed by atoms with Crippen molar-refractivity contribution in [3.05, 3.63) is 102 Å². The molecule has 2 fully saturated rings. The number of rotatable bonds is 10. The Morgan fingerprint density at radius 1 is 0.638 bits per heavy atom. The second kappa shape index (κ2) is 16.5. The number of benzene rings is 2. The van der Waals surface area contributed by atoms with Crippen LogP contribution in [0.25, 0.3) is 10.3 Å². The monoisotopic (exact) mass is 651 g/mol. The first-order valence-corrected chi connectivity index (χ1v) is 17.4. The third kappa shape index (κ3) is 10.1. The fourth-order valence-electron chi connectivity index (χ4n) is 6.09. The minimum atomic E-state index is 0.547. The number of nitrogens with two attached hydrogens (primary N) is 2. The normalized spacial score (nSPS) is 16.4. The summed E-state index contributed by atoms with van der Waals surface area (Å²) >= 11 is 1.40. The minimum absolute atomic E-state index is 0.547. The molecule has 0 unspecified atom stereocenters. The predicted molar refractivity (Wildman–Crippen MR) is 190 cm³/mol. The highest BCUT2D eigenvalue weighted by atomic mass is 32.1. The molecule has 10 heteroatoms. The maximum Gasteiger partial charge on any atom is 0.214 e. The number of fused-ring (bicyclic) bond motifs is 1. The van der Waals surface area contributed by atoms with Gasteiger partial charge in [0.1, 0.15) is 10.3 Å². The number of ether oxygens (including phenoxy) is 2. The van der Waals surface area contributed by atoms with Gasteiger partial charge in [-0.3, -0.25) is 9.80 Å². The smallest absolute Gasteiger partial charge is 0.214 e. The number of aromatic nitrogens is 3. The van der Waals surface area contributed by atoms with E-state index in [-0.39, 0.29) is 0 Å². The van der Waals surface area contributed by atoms with E-state index in [0.717, 1.165) is 62.8 Å². The van der Waals surface area contributed by atoms with Crippen molar-refractivity contribution >= 4 is 32.5 Å². The summed E-state index contributed by atoms with van der Waals surface area (Å²) in [6.07, 6.45) is 6.34. The van der Waals surface area contributed by atoms with E-state index in [0.29, 0.717) is 34.4 Å². The molecule has 3 aromatic heterocycles. The van der Waals surface area contributed by atoms with Crippen LogP contribution in [-0.4, -0.2) is 64.1 Å². The molecule has 0 spiro atoms. The molecule has 5 heterocycles. The topological polar surface area (TPSA) is 116 Å². The van der Waals surface area contributed by atoms with Crippen LogP contribution in [-0.2, 0) is 13.1 Å². The van der Waals surface area contributed by atoms with Crippen molar-refractivity contribution in [1.82, 2.24) is 24.8 Å². The molecular weight excluding hydrogens is 607 g/mol. The van der Waals surface area contributed by atoms with Gasteiger partial charge in [-0.1, -0.05) is 72.0 Å². The van der Waals surface area contributed by atoms with Gasteiger partial charge < -0.3 is 20.9 Å². The van der Waals surface area contributed by atoms with E-state index >= 15 is 0 Å². The summed E-state index contributed by atoms with van der Waals surface area (Å²) in [5.41, 5.74) is 15.6. The van der Waals surface area contributed by atoms with E-state index in [2.05, 4.69) is 85.4 Å². The lowest BCUT2D eigenvalue weighted by molar-refractivity contribution is 0.134. The van der Waals surface area contributed by atoms with E-state index in [1.54, 1.807) is 6.20 Å². The van der Waals surface area contributed by atoms with Crippen LogP contribution >= 0.6 is 11.3 Å². The molecule has 0 amide bonds. The largest absolute Gasteiger partial charge is 0.477 e. The molecule has 2 aromatic carbocycles. The average molecular weight is 652 g/mol. The Balaban J connectivity index is 0.000000166.